The van der Waals surface area contributed by atoms with Gasteiger partial charge in [0.2, 0.25) is 5.91 Å². The summed E-state index contributed by atoms with van der Waals surface area (Å²) in [5.41, 5.74) is 6.33. The number of carbonyl (C=O) groups excluding carboxylic acids is 1. The van der Waals surface area contributed by atoms with Crippen molar-refractivity contribution in [3.63, 3.8) is 0 Å². The van der Waals surface area contributed by atoms with Gasteiger partial charge >= 0.3 is 0 Å². The monoisotopic (exact) mass is 417 g/mol. The summed E-state index contributed by atoms with van der Waals surface area (Å²) >= 11 is 1.66. The minimum Gasteiger partial charge on any atom is -0.353 e. The van der Waals surface area contributed by atoms with Gasteiger partial charge in [-0.1, -0.05) is 37.3 Å². The average Bonchev–Trinajstić information content (AvgIpc) is 3.53. The molecule has 1 fully saturated rings. The third-order valence-corrected chi connectivity index (χ3v) is 6.66. The highest BCUT2D eigenvalue weighted by Crippen LogP contribution is 2.34. The maximum absolute atomic E-state index is 11.7. The number of carbonyl (C=O) groups is 1. The van der Waals surface area contributed by atoms with Crippen LogP contribution in [0, 0.1) is 0 Å². The molecule has 2 unspecified atom stereocenters. The molecule has 7 heteroatoms. The Labute approximate surface area is 179 Å². The smallest absolute Gasteiger partial charge is 0.219 e. The van der Waals surface area contributed by atoms with Crippen LogP contribution in [0.4, 0.5) is 0 Å². The number of aromatic nitrogens is 4. The molecule has 2 atom stereocenters. The molecule has 0 bridgehead atoms. The van der Waals surface area contributed by atoms with E-state index in [0.717, 1.165) is 36.2 Å². The molecule has 0 radical (unpaired) electrons. The molecule has 6 nitrogen and oxygen atoms in total. The van der Waals surface area contributed by atoms with Gasteiger partial charge in [0.05, 0.1) is 15.7 Å². The Hall–Kier alpha value is -3.06. The molecule has 0 spiro atoms. The molecule has 1 amide bonds. The standard InChI is InChI=1S/C23H23N5OS/c1-2-22(29)26-18-8-9-19(12-18)28-13-25-27-23(28)16-5-3-15(4-6-16)17-7-10-20-21(11-17)30-14-24-20/h3-7,10-11,13-14,18-19H,2,8-9,12H2,1H3,(H,26,29). The van der Waals surface area contributed by atoms with Gasteiger partial charge in [-0.3, -0.25) is 4.79 Å². The van der Waals surface area contributed by atoms with E-state index in [1.807, 2.05) is 18.8 Å². The van der Waals surface area contributed by atoms with E-state index in [0.29, 0.717) is 12.5 Å². The molecule has 2 aromatic heterocycles. The van der Waals surface area contributed by atoms with Crippen molar-refractivity contribution in [2.24, 2.45) is 0 Å². The second-order valence-electron chi connectivity index (χ2n) is 7.76. The van der Waals surface area contributed by atoms with Crippen LogP contribution in [0.15, 0.2) is 54.3 Å². The Morgan fingerprint density at radius 2 is 1.93 bits per heavy atom. The number of nitrogens with one attached hydrogen (secondary N) is 1. The number of benzene rings is 2. The number of fused-ring (bicyclic) bond motifs is 1. The maximum atomic E-state index is 11.7. The van der Waals surface area contributed by atoms with Gasteiger partial charge in [0.15, 0.2) is 5.82 Å². The van der Waals surface area contributed by atoms with Crippen LogP contribution in [0.3, 0.4) is 0 Å². The number of amides is 1. The van der Waals surface area contributed by atoms with Gasteiger partial charge in [-0.05, 0) is 42.5 Å². The normalized spacial score (nSPS) is 18.7. The van der Waals surface area contributed by atoms with E-state index < -0.39 is 0 Å². The Balaban J connectivity index is 1.36. The van der Waals surface area contributed by atoms with Crippen molar-refractivity contribution in [1.29, 1.82) is 0 Å². The fourth-order valence-corrected chi connectivity index (χ4v) is 4.95. The van der Waals surface area contributed by atoms with Crippen molar-refractivity contribution in [2.75, 3.05) is 0 Å². The second-order valence-corrected chi connectivity index (χ2v) is 8.65. The van der Waals surface area contributed by atoms with Crippen molar-refractivity contribution in [1.82, 2.24) is 25.1 Å². The van der Waals surface area contributed by atoms with E-state index >= 15 is 0 Å². The summed E-state index contributed by atoms with van der Waals surface area (Å²) in [6, 6.07) is 15.4. The van der Waals surface area contributed by atoms with Gasteiger partial charge < -0.3 is 9.88 Å². The molecule has 30 heavy (non-hydrogen) atoms. The van der Waals surface area contributed by atoms with E-state index in [1.165, 1.54) is 15.8 Å². The average molecular weight is 418 g/mol. The first kappa shape index (κ1) is 18.9. The largest absolute Gasteiger partial charge is 0.353 e. The van der Waals surface area contributed by atoms with Crippen molar-refractivity contribution < 1.29 is 4.79 Å². The number of hydrogen-bond donors (Lipinski definition) is 1. The quantitative estimate of drug-likeness (QED) is 0.504. The summed E-state index contributed by atoms with van der Waals surface area (Å²) in [7, 11) is 0. The molecular weight excluding hydrogens is 394 g/mol. The SMILES string of the molecule is CCC(=O)NC1CCC(n2cnnc2-c2ccc(-c3ccc4ncsc4c3)cc2)C1. The predicted molar refractivity (Wildman–Crippen MR) is 119 cm³/mol. The first-order chi connectivity index (χ1) is 14.7. The number of rotatable bonds is 5. The molecule has 2 heterocycles. The fourth-order valence-electron chi connectivity index (χ4n) is 4.23. The lowest BCUT2D eigenvalue weighted by atomic mass is 10.0. The summed E-state index contributed by atoms with van der Waals surface area (Å²) in [4.78, 5) is 16.1. The highest BCUT2D eigenvalue weighted by molar-refractivity contribution is 7.16. The molecule has 1 aliphatic rings. The number of hydrogen-bond acceptors (Lipinski definition) is 5. The van der Waals surface area contributed by atoms with Crippen LogP contribution >= 0.6 is 11.3 Å². The molecule has 4 aromatic rings. The summed E-state index contributed by atoms with van der Waals surface area (Å²) in [5.74, 6) is 1.00. The first-order valence-corrected chi connectivity index (χ1v) is 11.2. The van der Waals surface area contributed by atoms with Gasteiger partial charge in [-0.15, -0.1) is 21.5 Å². The van der Waals surface area contributed by atoms with Gasteiger partial charge in [-0.2, -0.15) is 0 Å². The van der Waals surface area contributed by atoms with Crippen LogP contribution in [-0.4, -0.2) is 31.7 Å². The van der Waals surface area contributed by atoms with Crippen LogP contribution < -0.4 is 5.32 Å². The first-order valence-electron chi connectivity index (χ1n) is 10.3. The topological polar surface area (TPSA) is 72.7 Å². The minimum atomic E-state index is 0.122. The number of nitrogens with zero attached hydrogens (tertiary/aromatic N) is 4. The summed E-state index contributed by atoms with van der Waals surface area (Å²) in [5, 5.41) is 11.7. The molecule has 1 saturated carbocycles. The molecule has 0 aliphatic heterocycles. The van der Waals surface area contributed by atoms with E-state index in [2.05, 4.69) is 67.5 Å². The molecule has 2 aromatic carbocycles. The van der Waals surface area contributed by atoms with Crippen molar-refractivity contribution >= 4 is 27.5 Å². The molecule has 0 saturated heterocycles. The van der Waals surface area contributed by atoms with E-state index in [9.17, 15) is 4.79 Å². The van der Waals surface area contributed by atoms with Crippen molar-refractivity contribution in [3.05, 3.63) is 54.3 Å². The van der Waals surface area contributed by atoms with Crippen molar-refractivity contribution in [3.8, 4) is 22.5 Å². The van der Waals surface area contributed by atoms with E-state index in [-0.39, 0.29) is 11.9 Å². The molecule has 152 valence electrons. The van der Waals surface area contributed by atoms with Gasteiger partial charge in [0.1, 0.15) is 6.33 Å². The highest BCUT2D eigenvalue weighted by Gasteiger charge is 2.28. The fraction of sp³-hybridized carbons (Fsp3) is 0.304. The molecule has 1 aliphatic carbocycles. The second kappa shape index (κ2) is 7.99. The lowest BCUT2D eigenvalue weighted by molar-refractivity contribution is -0.121. The Kier molecular flexibility index (Phi) is 5.04. The van der Waals surface area contributed by atoms with Gasteiger partial charge in [-0.25, -0.2) is 4.98 Å². The summed E-state index contributed by atoms with van der Waals surface area (Å²) in [6.45, 7) is 1.89. The summed E-state index contributed by atoms with van der Waals surface area (Å²) in [6.07, 6.45) is 5.28. The molecule has 5 rings (SSSR count). The zero-order valence-corrected chi connectivity index (χ0v) is 17.6. The van der Waals surface area contributed by atoms with E-state index in [4.69, 9.17) is 0 Å². The zero-order valence-electron chi connectivity index (χ0n) is 16.8. The van der Waals surface area contributed by atoms with Gasteiger partial charge in [0, 0.05) is 24.1 Å². The zero-order chi connectivity index (χ0) is 20.5. The van der Waals surface area contributed by atoms with Gasteiger partial charge in [0.25, 0.3) is 0 Å². The van der Waals surface area contributed by atoms with Crippen LogP contribution in [0.25, 0.3) is 32.7 Å². The number of thiazole rings is 1. The Morgan fingerprint density at radius 1 is 1.13 bits per heavy atom. The Bertz CT molecular complexity index is 1180. The highest BCUT2D eigenvalue weighted by atomic mass is 32.1. The van der Waals surface area contributed by atoms with Crippen LogP contribution in [0.2, 0.25) is 0 Å². The van der Waals surface area contributed by atoms with Crippen molar-refractivity contribution in [2.45, 2.75) is 44.7 Å². The summed E-state index contributed by atoms with van der Waals surface area (Å²) < 4.78 is 3.36. The third kappa shape index (κ3) is 3.61. The predicted octanol–water partition coefficient (Wildman–Crippen LogP) is 4.84. The minimum absolute atomic E-state index is 0.122. The molecular formula is C23H23N5OS. The van der Waals surface area contributed by atoms with E-state index in [1.54, 1.807) is 11.3 Å². The lowest BCUT2D eigenvalue weighted by Gasteiger charge is -2.16. The van der Waals surface area contributed by atoms with Crippen LogP contribution in [-0.2, 0) is 4.79 Å². The third-order valence-electron chi connectivity index (χ3n) is 5.87. The lowest BCUT2D eigenvalue weighted by Crippen LogP contribution is -2.32. The van der Waals surface area contributed by atoms with Crippen LogP contribution in [0.5, 0.6) is 0 Å². The van der Waals surface area contributed by atoms with Crippen LogP contribution in [0.1, 0.15) is 38.6 Å². The molecule has 1 N–H and O–H groups in total. The maximum Gasteiger partial charge on any atom is 0.219 e. The Morgan fingerprint density at radius 3 is 2.77 bits per heavy atom.